The van der Waals surface area contributed by atoms with Gasteiger partial charge in [0.25, 0.3) is 5.89 Å². The highest BCUT2D eigenvalue weighted by atomic mass is 19.4. The summed E-state index contributed by atoms with van der Waals surface area (Å²) in [6.45, 7) is 3.12. The van der Waals surface area contributed by atoms with Crippen LogP contribution in [-0.4, -0.2) is 10.1 Å². The molecule has 0 aliphatic heterocycles. The number of halogens is 3. The smallest absolute Gasteiger partial charge is 0.334 e. The number of hydrogen-bond acceptors (Lipinski definition) is 4. The predicted molar refractivity (Wildman–Crippen MR) is 119 cm³/mol. The molecule has 1 heterocycles. The van der Waals surface area contributed by atoms with Crippen molar-refractivity contribution in [3.05, 3.63) is 71.0 Å². The van der Waals surface area contributed by atoms with Crippen LogP contribution in [0.4, 0.5) is 13.2 Å². The Kier molecular flexibility index (Phi) is 8.85. The Bertz CT molecular complexity index is 952. The van der Waals surface area contributed by atoms with Crippen LogP contribution < -0.4 is 5.32 Å². The molecule has 0 fully saturated rings. The van der Waals surface area contributed by atoms with Gasteiger partial charge in [-0.1, -0.05) is 74.5 Å². The number of aryl methyl sites for hydroxylation is 1. The topological polar surface area (TPSA) is 51.0 Å². The minimum atomic E-state index is -4.32. The van der Waals surface area contributed by atoms with Crippen molar-refractivity contribution in [2.45, 2.75) is 71.1 Å². The lowest BCUT2D eigenvalue weighted by atomic mass is 10.1. The van der Waals surface area contributed by atoms with Crippen molar-refractivity contribution >= 4 is 0 Å². The Balaban J connectivity index is 1.45. The minimum Gasteiger partial charge on any atom is -0.334 e. The molecule has 1 N–H and O–H groups in total. The zero-order valence-electron chi connectivity index (χ0n) is 18.4. The van der Waals surface area contributed by atoms with E-state index in [1.165, 1.54) is 44.2 Å². The van der Waals surface area contributed by atoms with Gasteiger partial charge in [-0.25, -0.2) is 0 Å². The standard InChI is InChI=1S/C25H30F3N3O/c1-2-3-4-5-6-7-11-23-30-24(32-31-23)21-14-12-19(13-15-21)17-29-18-20-9-8-10-22(16-20)25(26,27)28/h8-10,12-16,29H,2-7,11,17-18H2,1H3. The number of benzene rings is 2. The first kappa shape index (κ1) is 24.0. The van der Waals surface area contributed by atoms with Crippen LogP contribution >= 0.6 is 0 Å². The van der Waals surface area contributed by atoms with Gasteiger partial charge in [0.15, 0.2) is 5.82 Å². The van der Waals surface area contributed by atoms with Gasteiger partial charge in [-0.3, -0.25) is 0 Å². The molecule has 3 rings (SSSR count). The molecule has 0 spiro atoms. The van der Waals surface area contributed by atoms with E-state index in [1.807, 2.05) is 24.3 Å². The zero-order valence-corrected chi connectivity index (χ0v) is 18.4. The molecule has 172 valence electrons. The summed E-state index contributed by atoms with van der Waals surface area (Å²) in [4.78, 5) is 4.49. The maximum absolute atomic E-state index is 12.8. The van der Waals surface area contributed by atoms with Crippen molar-refractivity contribution in [2.75, 3.05) is 0 Å². The molecule has 4 nitrogen and oxygen atoms in total. The molecule has 0 saturated carbocycles. The quantitative estimate of drug-likeness (QED) is 0.307. The van der Waals surface area contributed by atoms with Gasteiger partial charge in [-0.2, -0.15) is 18.2 Å². The van der Waals surface area contributed by atoms with E-state index in [0.717, 1.165) is 35.9 Å². The van der Waals surface area contributed by atoms with Crippen LogP contribution in [0.1, 0.15) is 68.0 Å². The Morgan fingerprint density at radius 2 is 1.59 bits per heavy atom. The number of nitrogens with one attached hydrogen (secondary N) is 1. The van der Waals surface area contributed by atoms with E-state index < -0.39 is 11.7 Å². The summed E-state index contributed by atoms with van der Waals surface area (Å²) in [6, 6.07) is 13.1. The van der Waals surface area contributed by atoms with Crippen LogP contribution in [0.15, 0.2) is 53.1 Å². The summed E-state index contributed by atoms with van der Waals surface area (Å²) in [5, 5.41) is 7.26. The molecule has 0 amide bonds. The fourth-order valence-corrected chi connectivity index (χ4v) is 3.51. The molecule has 7 heteroatoms. The molecule has 0 aliphatic rings. The predicted octanol–water partition coefficient (Wildman–Crippen LogP) is 6.95. The van der Waals surface area contributed by atoms with E-state index in [9.17, 15) is 13.2 Å². The van der Waals surface area contributed by atoms with Gasteiger partial charge in [-0.15, -0.1) is 0 Å². The molecule has 0 bridgehead atoms. The average Bonchev–Trinajstić information content (AvgIpc) is 3.25. The molecule has 1 aromatic heterocycles. The van der Waals surface area contributed by atoms with Gasteiger partial charge in [0.1, 0.15) is 0 Å². The van der Waals surface area contributed by atoms with Gasteiger partial charge < -0.3 is 9.84 Å². The number of rotatable bonds is 12. The molecule has 0 atom stereocenters. The van der Waals surface area contributed by atoms with Crippen LogP contribution in [0.3, 0.4) is 0 Å². The van der Waals surface area contributed by atoms with Crippen molar-refractivity contribution < 1.29 is 17.7 Å². The van der Waals surface area contributed by atoms with Crippen molar-refractivity contribution in [1.29, 1.82) is 0 Å². The normalized spacial score (nSPS) is 11.8. The molecule has 2 aromatic carbocycles. The highest BCUT2D eigenvalue weighted by molar-refractivity contribution is 5.53. The number of alkyl halides is 3. The molecule has 0 saturated heterocycles. The monoisotopic (exact) mass is 445 g/mol. The number of nitrogens with zero attached hydrogens (tertiary/aromatic N) is 2. The first-order valence-electron chi connectivity index (χ1n) is 11.2. The lowest BCUT2D eigenvalue weighted by Gasteiger charge is -2.09. The second-order valence-corrected chi connectivity index (χ2v) is 8.03. The van der Waals surface area contributed by atoms with E-state index >= 15 is 0 Å². The third-order valence-electron chi connectivity index (χ3n) is 5.34. The van der Waals surface area contributed by atoms with Crippen LogP contribution in [0.25, 0.3) is 11.5 Å². The summed E-state index contributed by atoms with van der Waals surface area (Å²) in [7, 11) is 0. The van der Waals surface area contributed by atoms with Crippen LogP contribution in [0, 0.1) is 0 Å². The second kappa shape index (κ2) is 11.8. The molecule has 32 heavy (non-hydrogen) atoms. The van der Waals surface area contributed by atoms with E-state index in [-0.39, 0.29) is 0 Å². The van der Waals surface area contributed by atoms with Gasteiger partial charge in [-0.05, 0) is 35.7 Å². The van der Waals surface area contributed by atoms with Crippen molar-refractivity contribution in [3.8, 4) is 11.5 Å². The third kappa shape index (κ3) is 7.48. The Hall–Kier alpha value is -2.67. The SMILES string of the molecule is CCCCCCCCc1noc(-c2ccc(CNCc3cccc(C(F)(F)F)c3)cc2)n1. The number of unbranched alkanes of at least 4 members (excludes halogenated alkanes) is 5. The summed E-state index contributed by atoms with van der Waals surface area (Å²) < 4.78 is 43.8. The lowest BCUT2D eigenvalue weighted by molar-refractivity contribution is -0.137. The van der Waals surface area contributed by atoms with Gasteiger partial charge in [0.2, 0.25) is 0 Å². The summed E-state index contributed by atoms with van der Waals surface area (Å²) in [6.07, 6.45) is 3.84. The fourth-order valence-electron chi connectivity index (χ4n) is 3.51. The Morgan fingerprint density at radius 3 is 2.34 bits per heavy atom. The maximum atomic E-state index is 12.8. The minimum absolute atomic E-state index is 0.358. The molecular formula is C25H30F3N3O. The molecule has 0 radical (unpaired) electrons. The van der Waals surface area contributed by atoms with Crippen molar-refractivity contribution in [1.82, 2.24) is 15.5 Å². The summed E-state index contributed by atoms with van der Waals surface area (Å²) >= 11 is 0. The van der Waals surface area contributed by atoms with Crippen LogP contribution in [0.2, 0.25) is 0 Å². The van der Waals surface area contributed by atoms with Gasteiger partial charge >= 0.3 is 6.18 Å². The largest absolute Gasteiger partial charge is 0.416 e. The molecule has 0 unspecified atom stereocenters. The summed E-state index contributed by atoms with van der Waals surface area (Å²) in [5.74, 6) is 1.25. The van der Waals surface area contributed by atoms with E-state index in [1.54, 1.807) is 6.07 Å². The number of aromatic nitrogens is 2. The average molecular weight is 446 g/mol. The number of hydrogen-bond donors (Lipinski definition) is 1. The first-order valence-corrected chi connectivity index (χ1v) is 11.2. The second-order valence-electron chi connectivity index (χ2n) is 8.03. The summed E-state index contributed by atoms with van der Waals surface area (Å²) in [5.41, 5.74) is 1.85. The Labute approximate surface area is 187 Å². The van der Waals surface area contributed by atoms with Crippen LogP contribution in [0.5, 0.6) is 0 Å². The van der Waals surface area contributed by atoms with E-state index in [4.69, 9.17) is 4.52 Å². The molecule has 3 aromatic rings. The van der Waals surface area contributed by atoms with Crippen molar-refractivity contribution in [2.24, 2.45) is 0 Å². The van der Waals surface area contributed by atoms with Crippen molar-refractivity contribution in [3.63, 3.8) is 0 Å². The highest BCUT2D eigenvalue weighted by Crippen LogP contribution is 2.29. The zero-order chi connectivity index (χ0) is 22.8. The van der Waals surface area contributed by atoms with Gasteiger partial charge in [0.05, 0.1) is 5.56 Å². The maximum Gasteiger partial charge on any atom is 0.416 e. The first-order chi connectivity index (χ1) is 15.5. The highest BCUT2D eigenvalue weighted by Gasteiger charge is 2.30. The Morgan fingerprint density at radius 1 is 0.875 bits per heavy atom. The van der Waals surface area contributed by atoms with E-state index in [2.05, 4.69) is 22.4 Å². The molecular weight excluding hydrogens is 415 g/mol. The fraction of sp³-hybridized carbons (Fsp3) is 0.440. The van der Waals surface area contributed by atoms with Crippen LogP contribution in [-0.2, 0) is 25.7 Å². The van der Waals surface area contributed by atoms with E-state index in [0.29, 0.717) is 24.5 Å². The lowest BCUT2D eigenvalue weighted by Crippen LogP contribution is -2.13. The third-order valence-corrected chi connectivity index (χ3v) is 5.34. The van der Waals surface area contributed by atoms with Gasteiger partial charge in [0, 0.05) is 25.1 Å². The molecule has 0 aliphatic carbocycles.